The van der Waals surface area contributed by atoms with E-state index in [1.807, 2.05) is 11.8 Å². The Kier molecular flexibility index (Phi) is 3.45. The molecule has 140 valence electrons. The van der Waals surface area contributed by atoms with E-state index in [0.717, 1.165) is 49.9 Å². The predicted molar refractivity (Wildman–Crippen MR) is 95.3 cm³/mol. The van der Waals surface area contributed by atoms with Crippen LogP contribution in [-0.4, -0.2) is 54.5 Å². The molecule has 0 aromatic rings. The van der Waals surface area contributed by atoms with E-state index in [2.05, 4.69) is 0 Å². The lowest BCUT2D eigenvalue weighted by Crippen LogP contribution is -2.59. The molecule has 6 heteroatoms. The maximum atomic E-state index is 13.4. The van der Waals surface area contributed by atoms with Crippen molar-refractivity contribution in [2.24, 2.45) is 23.2 Å². The van der Waals surface area contributed by atoms with Crippen molar-refractivity contribution < 1.29 is 13.2 Å². The lowest BCUT2D eigenvalue weighted by molar-refractivity contribution is -0.158. The normalized spacial score (nSPS) is 42.6. The highest BCUT2D eigenvalue weighted by molar-refractivity contribution is 7.90. The van der Waals surface area contributed by atoms with Gasteiger partial charge in [-0.15, -0.1) is 0 Å². The minimum absolute atomic E-state index is 0.0989. The quantitative estimate of drug-likeness (QED) is 0.770. The third-order valence-corrected chi connectivity index (χ3v) is 10.6. The Labute approximate surface area is 151 Å². The van der Waals surface area contributed by atoms with Gasteiger partial charge in [0.2, 0.25) is 15.9 Å². The van der Waals surface area contributed by atoms with Gasteiger partial charge in [-0.2, -0.15) is 4.31 Å². The second kappa shape index (κ2) is 5.22. The van der Waals surface area contributed by atoms with Crippen LogP contribution in [0, 0.1) is 23.2 Å². The Morgan fingerprint density at radius 3 is 1.80 bits per heavy atom. The zero-order valence-electron chi connectivity index (χ0n) is 15.2. The lowest BCUT2D eigenvalue weighted by atomic mass is 9.49. The number of hydrogen-bond acceptors (Lipinski definition) is 3. The van der Waals surface area contributed by atoms with E-state index in [1.165, 1.54) is 19.3 Å². The molecule has 1 amide bonds. The van der Waals surface area contributed by atoms with E-state index in [1.54, 1.807) is 4.31 Å². The molecule has 0 radical (unpaired) electrons. The molecule has 25 heavy (non-hydrogen) atoms. The summed E-state index contributed by atoms with van der Waals surface area (Å²) in [4.78, 5) is 15.4. The van der Waals surface area contributed by atoms with E-state index >= 15 is 0 Å². The Bertz CT molecular complexity index is 654. The van der Waals surface area contributed by atoms with Crippen molar-refractivity contribution in [3.05, 3.63) is 0 Å². The minimum Gasteiger partial charge on any atom is -0.340 e. The van der Waals surface area contributed by atoms with Gasteiger partial charge in [-0.1, -0.05) is 0 Å². The van der Waals surface area contributed by atoms with Crippen molar-refractivity contribution in [1.29, 1.82) is 0 Å². The molecule has 5 saturated carbocycles. The number of piperazine rings is 1. The standard InChI is InChI=1S/C19H30N2O3S/c1-18(2-3-18)25(23,24)21-6-4-20(5-7-21)17(22)19-11-14-8-15(12-19)10-16(9-14)13-19/h14-16H,2-13H2,1H3. The van der Waals surface area contributed by atoms with Gasteiger partial charge in [0, 0.05) is 26.2 Å². The first-order valence-electron chi connectivity index (χ1n) is 10.1. The van der Waals surface area contributed by atoms with Crippen molar-refractivity contribution >= 4 is 15.9 Å². The number of carbonyl (C=O) groups excluding carboxylic acids is 1. The van der Waals surface area contributed by atoms with Gasteiger partial charge in [-0.25, -0.2) is 8.42 Å². The summed E-state index contributed by atoms with van der Waals surface area (Å²) in [6, 6.07) is 0. The van der Waals surface area contributed by atoms with Crippen molar-refractivity contribution in [2.75, 3.05) is 26.2 Å². The van der Waals surface area contributed by atoms with E-state index in [-0.39, 0.29) is 5.41 Å². The number of nitrogens with zero attached hydrogens (tertiary/aromatic N) is 2. The molecule has 5 nitrogen and oxygen atoms in total. The zero-order chi connectivity index (χ0) is 17.4. The molecule has 6 rings (SSSR count). The van der Waals surface area contributed by atoms with Crippen LogP contribution in [0.1, 0.15) is 58.3 Å². The van der Waals surface area contributed by atoms with Gasteiger partial charge in [0.25, 0.3) is 0 Å². The first kappa shape index (κ1) is 16.5. The molecular weight excluding hydrogens is 336 g/mol. The molecule has 0 aromatic carbocycles. The molecule has 4 bridgehead atoms. The van der Waals surface area contributed by atoms with Crippen molar-refractivity contribution in [3.8, 4) is 0 Å². The van der Waals surface area contributed by atoms with Gasteiger partial charge in [0.05, 0.1) is 10.2 Å². The molecule has 1 aliphatic heterocycles. The molecule has 0 N–H and O–H groups in total. The fourth-order valence-electron chi connectivity index (χ4n) is 6.59. The lowest BCUT2D eigenvalue weighted by Gasteiger charge is -2.57. The summed E-state index contributed by atoms with van der Waals surface area (Å²) < 4.78 is 26.5. The smallest absolute Gasteiger partial charge is 0.228 e. The van der Waals surface area contributed by atoms with Gasteiger partial charge in [0.1, 0.15) is 0 Å². The second-order valence-corrected chi connectivity index (χ2v) is 12.3. The van der Waals surface area contributed by atoms with Crippen molar-refractivity contribution in [3.63, 3.8) is 0 Å². The number of carbonyl (C=O) groups is 1. The molecule has 6 aliphatic rings. The number of amides is 1. The highest BCUT2D eigenvalue weighted by Gasteiger charge is 2.57. The van der Waals surface area contributed by atoms with Gasteiger partial charge in [0.15, 0.2) is 0 Å². The van der Waals surface area contributed by atoms with E-state index in [0.29, 0.717) is 32.1 Å². The summed E-state index contributed by atoms with van der Waals surface area (Å²) in [6.07, 6.45) is 8.87. The highest BCUT2D eigenvalue weighted by Crippen LogP contribution is 2.60. The average Bonchev–Trinajstić information content (AvgIpc) is 3.32. The molecule has 0 atom stereocenters. The zero-order valence-corrected chi connectivity index (χ0v) is 16.1. The Balaban J connectivity index is 1.28. The van der Waals surface area contributed by atoms with Crippen LogP contribution < -0.4 is 0 Å². The van der Waals surface area contributed by atoms with Gasteiger partial charge in [-0.05, 0) is 76.0 Å². The molecule has 1 saturated heterocycles. The third kappa shape index (κ3) is 2.43. The summed E-state index contributed by atoms with van der Waals surface area (Å²) in [5.41, 5.74) is -0.0989. The van der Waals surface area contributed by atoms with E-state index in [9.17, 15) is 13.2 Å². The molecule has 0 aromatic heterocycles. The van der Waals surface area contributed by atoms with Crippen LogP contribution in [0.4, 0.5) is 0 Å². The van der Waals surface area contributed by atoms with Crippen LogP contribution in [0.25, 0.3) is 0 Å². The molecule has 0 spiro atoms. The van der Waals surface area contributed by atoms with Crippen LogP contribution in [0.2, 0.25) is 0 Å². The van der Waals surface area contributed by atoms with Crippen LogP contribution in [-0.2, 0) is 14.8 Å². The van der Waals surface area contributed by atoms with Crippen LogP contribution in [0.15, 0.2) is 0 Å². The maximum Gasteiger partial charge on any atom is 0.228 e. The molecular formula is C19H30N2O3S. The topological polar surface area (TPSA) is 57.7 Å². The fourth-order valence-corrected chi connectivity index (χ4v) is 8.47. The second-order valence-electron chi connectivity index (χ2n) is 9.84. The van der Waals surface area contributed by atoms with Crippen LogP contribution in [0.3, 0.4) is 0 Å². The third-order valence-electron chi connectivity index (χ3n) is 7.93. The molecule has 6 fully saturated rings. The molecule has 0 unspecified atom stereocenters. The first-order valence-corrected chi connectivity index (χ1v) is 11.5. The Morgan fingerprint density at radius 1 is 0.880 bits per heavy atom. The van der Waals surface area contributed by atoms with E-state index < -0.39 is 14.8 Å². The fraction of sp³-hybridized carbons (Fsp3) is 0.947. The first-order chi connectivity index (χ1) is 11.8. The van der Waals surface area contributed by atoms with Gasteiger partial charge in [-0.3, -0.25) is 4.79 Å². The summed E-state index contributed by atoms with van der Waals surface area (Å²) in [7, 11) is -3.19. The maximum absolute atomic E-state index is 13.4. The average molecular weight is 367 g/mol. The van der Waals surface area contributed by atoms with Gasteiger partial charge < -0.3 is 4.90 Å². The Morgan fingerprint density at radius 2 is 1.36 bits per heavy atom. The molecule has 5 aliphatic carbocycles. The number of rotatable bonds is 3. The van der Waals surface area contributed by atoms with Crippen LogP contribution in [0.5, 0.6) is 0 Å². The number of sulfonamides is 1. The molecule has 1 heterocycles. The minimum atomic E-state index is -3.19. The summed E-state index contributed by atoms with van der Waals surface area (Å²) in [5, 5.41) is 0. The summed E-state index contributed by atoms with van der Waals surface area (Å²) in [6.45, 7) is 3.98. The number of hydrogen-bond donors (Lipinski definition) is 0. The predicted octanol–water partition coefficient (Wildman–Crippen LogP) is 2.23. The SMILES string of the molecule is CC1(S(=O)(=O)N2CCN(C(=O)C34CC5CC(CC(C5)C3)C4)CC2)CC1. The largest absolute Gasteiger partial charge is 0.340 e. The van der Waals surface area contributed by atoms with Crippen molar-refractivity contribution in [2.45, 2.75) is 63.0 Å². The summed E-state index contributed by atoms with van der Waals surface area (Å²) in [5.74, 6) is 2.66. The van der Waals surface area contributed by atoms with Gasteiger partial charge >= 0.3 is 0 Å². The highest BCUT2D eigenvalue weighted by atomic mass is 32.2. The summed E-state index contributed by atoms with van der Waals surface area (Å²) >= 11 is 0. The van der Waals surface area contributed by atoms with E-state index in [4.69, 9.17) is 0 Å². The van der Waals surface area contributed by atoms with Crippen LogP contribution >= 0.6 is 0 Å². The Hall–Kier alpha value is -0.620. The monoisotopic (exact) mass is 366 g/mol. The van der Waals surface area contributed by atoms with Crippen molar-refractivity contribution in [1.82, 2.24) is 9.21 Å².